The van der Waals surface area contributed by atoms with Crippen molar-refractivity contribution in [3.63, 3.8) is 0 Å². The molecule has 0 saturated carbocycles. The Hall–Kier alpha value is -1.40. The van der Waals surface area contributed by atoms with Crippen molar-refractivity contribution < 1.29 is 18.7 Å². The highest BCUT2D eigenvalue weighted by atomic mass is 32.2. The van der Waals surface area contributed by atoms with Crippen LogP contribution in [0.2, 0.25) is 0 Å². The van der Waals surface area contributed by atoms with E-state index in [1.807, 2.05) is 0 Å². The average Bonchev–Trinajstić information content (AvgIpc) is 2.16. The van der Waals surface area contributed by atoms with Crippen LogP contribution in [0.1, 0.15) is 12.0 Å². The number of rotatable bonds is 5. The lowest BCUT2D eigenvalue weighted by Crippen LogP contribution is -2.02. The molecule has 1 atom stereocenters. The van der Waals surface area contributed by atoms with Gasteiger partial charge in [-0.05, 0) is 24.1 Å². The number of carboxylic acid groups (broad SMARTS) is 1. The Balaban J connectivity index is 2.56. The van der Waals surface area contributed by atoms with Crippen LogP contribution >= 0.6 is 0 Å². The summed E-state index contributed by atoms with van der Waals surface area (Å²) in [7, 11) is 0. The van der Waals surface area contributed by atoms with Crippen LogP contribution in [0.3, 0.4) is 0 Å². The molecule has 0 aromatic heterocycles. The van der Waals surface area contributed by atoms with Crippen LogP contribution in [0.4, 0.5) is 5.69 Å². The fraction of sp³-hybridized carbons (Fsp3) is 0.222. The van der Waals surface area contributed by atoms with Crippen molar-refractivity contribution in [1.82, 2.24) is 0 Å². The number of anilines is 1. The minimum atomic E-state index is -2.08. The Morgan fingerprint density at radius 3 is 2.40 bits per heavy atom. The molecule has 3 N–H and O–H groups in total. The molecular formula is C9H11NO4S. The Labute approximate surface area is 89.5 Å². The molecule has 5 nitrogen and oxygen atoms in total. The van der Waals surface area contributed by atoms with E-state index in [9.17, 15) is 9.00 Å². The van der Waals surface area contributed by atoms with E-state index in [-0.39, 0.29) is 6.42 Å². The maximum atomic E-state index is 10.4. The molecule has 0 bridgehead atoms. The van der Waals surface area contributed by atoms with Crippen LogP contribution in [0.25, 0.3) is 0 Å². The monoisotopic (exact) mass is 229 g/mol. The number of carboxylic acids is 1. The van der Waals surface area contributed by atoms with Gasteiger partial charge in [0.05, 0.1) is 0 Å². The molecule has 0 fully saturated rings. The summed E-state index contributed by atoms with van der Waals surface area (Å²) in [6.45, 7) is 0. The summed E-state index contributed by atoms with van der Waals surface area (Å²) >= 11 is -2.08. The van der Waals surface area contributed by atoms with E-state index in [1.54, 1.807) is 24.3 Å². The zero-order valence-corrected chi connectivity index (χ0v) is 8.66. The van der Waals surface area contributed by atoms with Crippen LogP contribution < -0.4 is 4.72 Å². The van der Waals surface area contributed by atoms with Crippen molar-refractivity contribution in [2.24, 2.45) is 0 Å². The molecule has 1 aromatic carbocycles. The predicted octanol–water partition coefficient (Wildman–Crippen LogP) is 1.25. The maximum absolute atomic E-state index is 10.4. The van der Waals surface area contributed by atoms with Crippen molar-refractivity contribution in [2.45, 2.75) is 12.8 Å². The number of benzene rings is 1. The van der Waals surface area contributed by atoms with Gasteiger partial charge in [-0.1, -0.05) is 12.1 Å². The fourth-order valence-corrected chi connectivity index (χ4v) is 1.43. The first kappa shape index (κ1) is 11.7. The van der Waals surface area contributed by atoms with Crippen molar-refractivity contribution in [3.05, 3.63) is 29.8 Å². The first-order chi connectivity index (χ1) is 7.08. The molecule has 1 rings (SSSR count). The van der Waals surface area contributed by atoms with Crippen LogP contribution in [-0.4, -0.2) is 19.8 Å². The molecule has 0 aliphatic carbocycles. The average molecular weight is 229 g/mol. The third-order valence-corrected chi connectivity index (χ3v) is 2.20. The predicted molar refractivity (Wildman–Crippen MR) is 56.8 cm³/mol. The van der Waals surface area contributed by atoms with E-state index in [2.05, 4.69) is 4.72 Å². The maximum Gasteiger partial charge on any atom is 0.303 e. The standard InChI is InChI=1S/C9H11NO4S/c11-9(12)6-3-7-1-4-8(5-2-7)10-15(13)14/h1-2,4-5,10H,3,6H2,(H,11,12)(H,13,14). The SMILES string of the molecule is O=C(O)CCc1ccc(NS(=O)O)cc1. The molecule has 82 valence electrons. The minimum absolute atomic E-state index is 0.0820. The molecule has 0 aliphatic heterocycles. The molecule has 6 heteroatoms. The number of nitrogens with one attached hydrogen (secondary N) is 1. The van der Waals surface area contributed by atoms with E-state index in [1.165, 1.54) is 0 Å². The Morgan fingerprint density at radius 1 is 1.33 bits per heavy atom. The van der Waals surface area contributed by atoms with Crippen LogP contribution in [-0.2, 0) is 22.5 Å². The van der Waals surface area contributed by atoms with Gasteiger partial charge in [-0.3, -0.25) is 14.1 Å². The lowest BCUT2D eigenvalue weighted by Gasteiger charge is -2.02. The molecule has 1 unspecified atom stereocenters. The molecule has 0 amide bonds. The zero-order valence-electron chi connectivity index (χ0n) is 7.84. The van der Waals surface area contributed by atoms with Gasteiger partial charge in [-0.25, -0.2) is 4.21 Å². The number of aliphatic carboxylic acids is 1. The molecular weight excluding hydrogens is 218 g/mol. The molecule has 0 heterocycles. The molecule has 0 radical (unpaired) electrons. The van der Waals surface area contributed by atoms with Gasteiger partial charge in [-0.15, -0.1) is 0 Å². The van der Waals surface area contributed by atoms with Gasteiger partial charge >= 0.3 is 5.97 Å². The first-order valence-corrected chi connectivity index (χ1v) is 5.37. The van der Waals surface area contributed by atoms with Crippen molar-refractivity contribution in [2.75, 3.05) is 4.72 Å². The van der Waals surface area contributed by atoms with E-state index in [0.29, 0.717) is 12.1 Å². The van der Waals surface area contributed by atoms with E-state index in [0.717, 1.165) is 5.56 Å². The molecule has 0 aliphatic rings. The minimum Gasteiger partial charge on any atom is -0.481 e. The van der Waals surface area contributed by atoms with E-state index < -0.39 is 17.2 Å². The van der Waals surface area contributed by atoms with Gasteiger partial charge < -0.3 is 5.11 Å². The van der Waals surface area contributed by atoms with Gasteiger partial charge in [0.2, 0.25) is 0 Å². The number of aryl methyl sites for hydroxylation is 1. The topological polar surface area (TPSA) is 86.6 Å². The normalized spacial score (nSPS) is 12.1. The van der Waals surface area contributed by atoms with Gasteiger partial charge in [-0.2, -0.15) is 0 Å². The summed E-state index contributed by atoms with van der Waals surface area (Å²) in [4.78, 5) is 10.3. The van der Waals surface area contributed by atoms with Gasteiger partial charge in [0.1, 0.15) is 0 Å². The summed E-state index contributed by atoms with van der Waals surface area (Å²) in [5, 5.41) is 8.46. The summed E-state index contributed by atoms with van der Waals surface area (Å²) in [5.41, 5.74) is 1.40. The van der Waals surface area contributed by atoms with Crippen molar-refractivity contribution in [1.29, 1.82) is 0 Å². The second-order valence-corrected chi connectivity index (χ2v) is 3.64. The summed E-state index contributed by atoms with van der Waals surface area (Å²) < 4.78 is 21.2. The van der Waals surface area contributed by atoms with Crippen molar-refractivity contribution in [3.8, 4) is 0 Å². The Morgan fingerprint density at radius 2 is 1.93 bits per heavy atom. The second kappa shape index (κ2) is 5.47. The summed E-state index contributed by atoms with van der Waals surface area (Å²) in [5.74, 6) is -0.839. The fourth-order valence-electron chi connectivity index (χ4n) is 1.09. The third-order valence-electron chi connectivity index (χ3n) is 1.79. The van der Waals surface area contributed by atoms with Crippen LogP contribution in [0.5, 0.6) is 0 Å². The number of hydrogen-bond donors (Lipinski definition) is 3. The molecule has 0 saturated heterocycles. The first-order valence-electron chi connectivity index (χ1n) is 4.26. The van der Waals surface area contributed by atoms with Gasteiger partial charge in [0.15, 0.2) is 0 Å². The Kier molecular flexibility index (Phi) is 4.26. The van der Waals surface area contributed by atoms with Gasteiger partial charge in [0, 0.05) is 12.1 Å². The molecule has 0 spiro atoms. The Bertz CT molecular complexity index is 363. The highest BCUT2D eigenvalue weighted by molar-refractivity contribution is 7.80. The number of carbonyl (C=O) groups is 1. The van der Waals surface area contributed by atoms with Crippen LogP contribution in [0, 0.1) is 0 Å². The highest BCUT2D eigenvalue weighted by Crippen LogP contribution is 2.11. The smallest absolute Gasteiger partial charge is 0.303 e. The van der Waals surface area contributed by atoms with Crippen LogP contribution in [0.15, 0.2) is 24.3 Å². The zero-order chi connectivity index (χ0) is 11.3. The van der Waals surface area contributed by atoms with E-state index in [4.69, 9.17) is 9.66 Å². The second-order valence-electron chi connectivity index (χ2n) is 2.94. The molecule has 15 heavy (non-hydrogen) atoms. The highest BCUT2D eigenvalue weighted by Gasteiger charge is 2.00. The van der Waals surface area contributed by atoms with Crippen molar-refractivity contribution >= 4 is 22.9 Å². The van der Waals surface area contributed by atoms with E-state index >= 15 is 0 Å². The third kappa shape index (κ3) is 4.57. The van der Waals surface area contributed by atoms with Gasteiger partial charge in [0.25, 0.3) is 11.3 Å². The quantitative estimate of drug-likeness (QED) is 0.663. The lowest BCUT2D eigenvalue weighted by atomic mass is 10.1. The summed E-state index contributed by atoms with van der Waals surface area (Å²) in [6.07, 6.45) is 0.538. The largest absolute Gasteiger partial charge is 0.481 e. The lowest BCUT2D eigenvalue weighted by molar-refractivity contribution is -0.136. The number of hydrogen-bond acceptors (Lipinski definition) is 2. The molecule has 1 aromatic rings. The summed E-state index contributed by atoms with van der Waals surface area (Å²) in [6, 6.07) is 6.70.